The molecule has 1 amide bonds. The molecule has 0 fully saturated rings. The van der Waals surface area contributed by atoms with Crippen LogP contribution in [0.3, 0.4) is 0 Å². The number of carboxylic acid groups (broad SMARTS) is 1. The van der Waals surface area contributed by atoms with Crippen LogP contribution in [0.15, 0.2) is 30.9 Å². The predicted molar refractivity (Wildman–Crippen MR) is 64.0 cm³/mol. The second kappa shape index (κ2) is 6.19. The second-order valence-electron chi connectivity index (χ2n) is 3.20. The van der Waals surface area contributed by atoms with E-state index in [0.717, 1.165) is 0 Å². The molecule has 0 heterocycles. The Balaban J connectivity index is 3.04. The van der Waals surface area contributed by atoms with Crippen LogP contribution in [0.25, 0.3) is 0 Å². The summed E-state index contributed by atoms with van der Waals surface area (Å²) < 4.78 is 4.65. The lowest BCUT2D eigenvalue weighted by molar-refractivity contribution is 0.0698. The molecule has 0 aliphatic heterocycles. The van der Waals surface area contributed by atoms with E-state index in [4.69, 9.17) is 5.11 Å². The van der Waals surface area contributed by atoms with Crippen molar-refractivity contribution in [3.8, 4) is 0 Å². The van der Waals surface area contributed by atoms with Gasteiger partial charge in [-0.25, -0.2) is 9.59 Å². The van der Waals surface area contributed by atoms with Crippen LogP contribution in [0.4, 0.5) is 10.5 Å². The minimum atomic E-state index is -1.25. The van der Waals surface area contributed by atoms with E-state index < -0.39 is 12.1 Å². The number of anilines is 1. The fourth-order valence-corrected chi connectivity index (χ4v) is 1.26. The molecule has 6 nitrogen and oxygen atoms in total. The number of hydrogen-bond donors (Lipinski definition) is 2. The van der Waals surface area contributed by atoms with Gasteiger partial charge in [0.2, 0.25) is 0 Å². The lowest BCUT2D eigenvalue weighted by Crippen LogP contribution is -2.17. The average molecular weight is 249 g/mol. The molecule has 0 bridgehead atoms. The van der Waals surface area contributed by atoms with Crippen LogP contribution in [0, 0.1) is 0 Å². The number of ether oxygens (including phenoxy) is 1. The summed E-state index contributed by atoms with van der Waals surface area (Å²) in [6.07, 6.45) is 0.963. The molecule has 1 aromatic carbocycles. The van der Waals surface area contributed by atoms with Crippen molar-refractivity contribution in [3.05, 3.63) is 42.0 Å². The van der Waals surface area contributed by atoms with Gasteiger partial charge in [0.1, 0.15) is 6.61 Å². The molecule has 2 N–H and O–H groups in total. The molecule has 0 aliphatic carbocycles. The number of aromatic carboxylic acids is 1. The first-order valence-electron chi connectivity index (χ1n) is 4.96. The Hall–Kier alpha value is -2.63. The highest BCUT2D eigenvalue weighted by atomic mass is 16.5. The summed E-state index contributed by atoms with van der Waals surface area (Å²) in [5.41, 5.74) is -0.213. The van der Waals surface area contributed by atoms with E-state index >= 15 is 0 Å². The van der Waals surface area contributed by atoms with Crippen LogP contribution in [-0.4, -0.2) is 30.1 Å². The van der Waals surface area contributed by atoms with Gasteiger partial charge in [0.25, 0.3) is 0 Å². The molecule has 18 heavy (non-hydrogen) atoms. The van der Waals surface area contributed by atoms with Gasteiger partial charge in [0.15, 0.2) is 6.29 Å². The Morgan fingerprint density at radius 3 is 2.72 bits per heavy atom. The first kappa shape index (κ1) is 13.4. The highest BCUT2D eigenvalue weighted by molar-refractivity contribution is 6.04. The maximum atomic E-state index is 11.3. The summed E-state index contributed by atoms with van der Waals surface area (Å²) in [6.45, 7) is 3.35. The number of aldehydes is 1. The molecular weight excluding hydrogens is 238 g/mol. The van der Waals surface area contributed by atoms with E-state index in [2.05, 4.69) is 16.6 Å². The molecule has 0 saturated heterocycles. The third kappa shape index (κ3) is 3.18. The van der Waals surface area contributed by atoms with E-state index in [1.807, 2.05) is 0 Å². The van der Waals surface area contributed by atoms with E-state index in [1.54, 1.807) is 0 Å². The molecule has 0 unspecified atom stereocenters. The lowest BCUT2D eigenvalue weighted by Gasteiger charge is -2.10. The van der Waals surface area contributed by atoms with Gasteiger partial charge >= 0.3 is 12.1 Å². The zero-order valence-corrected chi connectivity index (χ0v) is 9.38. The number of para-hydroxylation sites is 1. The Morgan fingerprint density at radius 1 is 1.44 bits per heavy atom. The van der Waals surface area contributed by atoms with Crippen LogP contribution >= 0.6 is 0 Å². The van der Waals surface area contributed by atoms with Gasteiger partial charge in [0, 0.05) is 5.56 Å². The van der Waals surface area contributed by atoms with Gasteiger partial charge in [-0.3, -0.25) is 10.1 Å². The van der Waals surface area contributed by atoms with Crippen molar-refractivity contribution in [3.63, 3.8) is 0 Å². The van der Waals surface area contributed by atoms with Gasteiger partial charge in [-0.2, -0.15) is 0 Å². The molecule has 1 rings (SSSR count). The molecule has 0 atom stereocenters. The number of rotatable bonds is 5. The van der Waals surface area contributed by atoms with Crippen LogP contribution < -0.4 is 5.32 Å². The van der Waals surface area contributed by atoms with Crippen molar-refractivity contribution < 1.29 is 24.2 Å². The Bertz CT molecular complexity index is 495. The van der Waals surface area contributed by atoms with E-state index in [9.17, 15) is 14.4 Å². The third-order valence-electron chi connectivity index (χ3n) is 2.01. The zero-order valence-electron chi connectivity index (χ0n) is 9.38. The average Bonchev–Trinajstić information content (AvgIpc) is 2.36. The normalized spacial score (nSPS) is 9.33. The number of hydrogen-bond acceptors (Lipinski definition) is 4. The van der Waals surface area contributed by atoms with E-state index in [0.29, 0.717) is 6.29 Å². The van der Waals surface area contributed by atoms with Crippen molar-refractivity contribution in [2.24, 2.45) is 0 Å². The van der Waals surface area contributed by atoms with E-state index in [-0.39, 0.29) is 23.4 Å². The van der Waals surface area contributed by atoms with Gasteiger partial charge in [-0.15, -0.1) is 0 Å². The highest BCUT2D eigenvalue weighted by Gasteiger charge is 2.16. The Kier molecular flexibility index (Phi) is 4.62. The molecule has 0 aliphatic rings. The van der Waals surface area contributed by atoms with Crippen LogP contribution in [0.2, 0.25) is 0 Å². The molecule has 0 aromatic heterocycles. The standard InChI is InChI=1S/C12H11NO5/c1-2-6-18-12(17)13-10-8(7-14)4-3-5-9(10)11(15)16/h2-5,7H,1,6H2,(H,13,17)(H,15,16). The molecule has 94 valence electrons. The first-order valence-corrected chi connectivity index (χ1v) is 4.96. The summed E-state index contributed by atoms with van der Waals surface area (Å²) in [5.74, 6) is -1.25. The number of amides is 1. The second-order valence-corrected chi connectivity index (χ2v) is 3.20. The van der Waals surface area contributed by atoms with Gasteiger partial charge in [-0.05, 0) is 12.1 Å². The van der Waals surface area contributed by atoms with Crippen LogP contribution in [-0.2, 0) is 4.74 Å². The summed E-state index contributed by atoms with van der Waals surface area (Å²) in [4.78, 5) is 33.1. The predicted octanol–water partition coefficient (Wildman–Crippen LogP) is 1.93. The first-order chi connectivity index (χ1) is 8.60. The van der Waals surface area contributed by atoms with Crippen molar-refractivity contribution in [1.29, 1.82) is 0 Å². The number of benzene rings is 1. The number of carbonyl (C=O) groups excluding carboxylic acids is 2. The summed E-state index contributed by atoms with van der Waals surface area (Å²) >= 11 is 0. The van der Waals surface area contributed by atoms with E-state index in [1.165, 1.54) is 24.3 Å². The molecule has 0 radical (unpaired) electrons. The minimum Gasteiger partial charge on any atom is -0.478 e. The van der Waals surface area contributed by atoms with Crippen molar-refractivity contribution in [2.45, 2.75) is 0 Å². The van der Waals surface area contributed by atoms with Crippen LogP contribution in [0.1, 0.15) is 20.7 Å². The quantitative estimate of drug-likeness (QED) is 0.614. The minimum absolute atomic E-state index is 0.0164. The van der Waals surface area contributed by atoms with Gasteiger partial charge in [0.05, 0.1) is 11.3 Å². The molecule has 1 aromatic rings. The maximum absolute atomic E-state index is 11.3. The smallest absolute Gasteiger partial charge is 0.411 e. The summed E-state index contributed by atoms with van der Waals surface area (Å²) in [7, 11) is 0. The largest absolute Gasteiger partial charge is 0.478 e. The fraction of sp³-hybridized carbons (Fsp3) is 0.0833. The van der Waals surface area contributed by atoms with Gasteiger partial charge in [-0.1, -0.05) is 18.7 Å². The lowest BCUT2D eigenvalue weighted by atomic mass is 10.1. The molecule has 6 heteroatoms. The summed E-state index contributed by atoms with van der Waals surface area (Å²) in [5, 5.41) is 11.2. The third-order valence-corrected chi connectivity index (χ3v) is 2.01. The number of nitrogens with one attached hydrogen (secondary N) is 1. The van der Waals surface area contributed by atoms with Crippen molar-refractivity contribution in [2.75, 3.05) is 11.9 Å². The Morgan fingerprint density at radius 2 is 2.17 bits per heavy atom. The topological polar surface area (TPSA) is 92.7 Å². The van der Waals surface area contributed by atoms with Crippen molar-refractivity contribution >= 4 is 24.0 Å². The van der Waals surface area contributed by atoms with Gasteiger partial charge < -0.3 is 9.84 Å². The van der Waals surface area contributed by atoms with Crippen LogP contribution in [0.5, 0.6) is 0 Å². The van der Waals surface area contributed by atoms with Crippen molar-refractivity contribution in [1.82, 2.24) is 0 Å². The molecule has 0 spiro atoms. The number of carboxylic acids is 1. The molecule has 0 saturated carbocycles. The fourth-order valence-electron chi connectivity index (χ4n) is 1.26. The maximum Gasteiger partial charge on any atom is 0.411 e. The summed E-state index contributed by atoms with van der Waals surface area (Å²) in [6, 6.07) is 4.08. The molecular formula is C12H11NO5. The number of carbonyl (C=O) groups is 3. The Labute approximate surface area is 103 Å². The monoisotopic (exact) mass is 249 g/mol. The highest BCUT2D eigenvalue weighted by Crippen LogP contribution is 2.20. The zero-order chi connectivity index (χ0) is 13.5. The SMILES string of the molecule is C=CCOC(=O)Nc1c(C=O)cccc1C(=O)O.